The van der Waals surface area contributed by atoms with Crippen LogP contribution in [0, 0.1) is 12.8 Å². The molecule has 0 radical (unpaired) electrons. The number of aromatic nitrogens is 2. The Labute approximate surface area is 126 Å². The Kier molecular flexibility index (Phi) is 5.39. The molecule has 4 heteroatoms. The minimum absolute atomic E-state index is 0.667. The Morgan fingerprint density at radius 2 is 1.95 bits per heavy atom. The summed E-state index contributed by atoms with van der Waals surface area (Å²) in [5, 5.41) is 10.7. The highest BCUT2D eigenvalue weighted by molar-refractivity contribution is 5.64. The normalized spacial score (nSPS) is 11.1. The van der Waals surface area contributed by atoms with E-state index in [1.807, 2.05) is 26.1 Å². The summed E-state index contributed by atoms with van der Waals surface area (Å²) in [6.45, 7) is 8.03. The summed E-state index contributed by atoms with van der Waals surface area (Å²) in [6, 6.07) is 8.17. The molecule has 0 amide bonds. The van der Waals surface area contributed by atoms with Gasteiger partial charge >= 0.3 is 0 Å². The minimum atomic E-state index is 0.667. The highest BCUT2D eigenvalue weighted by atomic mass is 16.5. The lowest BCUT2D eigenvalue weighted by atomic mass is 10.1. The molecular formula is C17H25N3O. The van der Waals surface area contributed by atoms with Crippen molar-refractivity contribution in [2.45, 2.75) is 33.7 Å². The van der Waals surface area contributed by atoms with Gasteiger partial charge in [0.1, 0.15) is 5.75 Å². The molecule has 1 heterocycles. The van der Waals surface area contributed by atoms with Crippen molar-refractivity contribution in [1.82, 2.24) is 15.5 Å². The van der Waals surface area contributed by atoms with Gasteiger partial charge in [-0.1, -0.05) is 13.8 Å². The van der Waals surface area contributed by atoms with Gasteiger partial charge in [0.2, 0.25) is 0 Å². The van der Waals surface area contributed by atoms with E-state index in [0.29, 0.717) is 5.92 Å². The minimum Gasteiger partial charge on any atom is -0.494 e. The van der Waals surface area contributed by atoms with Crippen molar-refractivity contribution >= 4 is 0 Å². The number of aryl methyl sites for hydroxylation is 1. The fourth-order valence-corrected chi connectivity index (χ4v) is 2.21. The molecule has 0 saturated heterocycles. The average molecular weight is 287 g/mol. The number of hydrogen-bond acceptors (Lipinski definition) is 3. The second-order valence-corrected chi connectivity index (χ2v) is 5.76. The molecule has 0 atom stereocenters. The lowest BCUT2D eigenvalue weighted by molar-refractivity contribution is 0.289. The third kappa shape index (κ3) is 4.08. The van der Waals surface area contributed by atoms with E-state index in [1.165, 1.54) is 5.56 Å². The Morgan fingerprint density at radius 3 is 2.57 bits per heavy atom. The third-order valence-corrected chi connectivity index (χ3v) is 3.52. The van der Waals surface area contributed by atoms with Gasteiger partial charge in [0, 0.05) is 23.4 Å². The van der Waals surface area contributed by atoms with E-state index in [2.05, 4.69) is 41.5 Å². The summed E-state index contributed by atoms with van der Waals surface area (Å²) in [5.41, 5.74) is 4.44. The van der Waals surface area contributed by atoms with Gasteiger partial charge in [0.25, 0.3) is 0 Å². The summed E-state index contributed by atoms with van der Waals surface area (Å²) in [7, 11) is 1.95. The monoisotopic (exact) mass is 287 g/mol. The zero-order chi connectivity index (χ0) is 15.2. The van der Waals surface area contributed by atoms with Gasteiger partial charge < -0.3 is 10.1 Å². The lowest BCUT2D eigenvalue weighted by Crippen LogP contribution is -2.06. The van der Waals surface area contributed by atoms with E-state index >= 15 is 0 Å². The van der Waals surface area contributed by atoms with Gasteiger partial charge in [-0.3, -0.25) is 5.10 Å². The van der Waals surface area contributed by atoms with Crippen LogP contribution in [0.5, 0.6) is 5.75 Å². The molecule has 4 nitrogen and oxygen atoms in total. The lowest BCUT2D eigenvalue weighted by Gasteiger charge is -2.09. The number of nitrogens with one attached hydrogen (secondary N) is 2. The van der Waals surface area contributed by atoms with Crippen molar-refractivity contribution in [3.63, 3.8) is 0 Å². The maximum absolute atomic E-state index is 5.75. The van der Waals surface area contributed by atoms with E-state index in [-0.39, 0.29) is 0 Å². The van der Waals surface area contributed by atoms with Crippen molar-refractivity contribution in [2.75, 3.05) is 13.7 Å². The first-order chi connectivity index (χ1) is 10.1. The maximum atomic E-state index is 5.75. The number of nitrogens with zero attached hydrogens (tertiary/aromatic N) is 1. The number of aromatic amines is 1. The van der Waals surface area contributed by atoms with E-state index in [4.69, 9.17) is 4.74 Å². The van der Waals surface area contributed by atoms with Crippen LogP contribution in [0.25, 0.3) is 11.3 Å². The number of hydrogen-bond donors (Lipinski definition) is 2. The molecule has 2 aromatic rings. The number of ether oxygens (including phenoxy) is 1. The summed E-state index contributed by atoms with van der Waals surface area (Å²) in [4.78, 5) is 0. The highest BCUT2D eigenvalue weighted by Crippen LogP contribution is 2.25. The summed E-state index contributed by atoms with van der Waals surface area (Å²) < 4.78 is 5.75. The predicted molar refractivity (Wildman–Crippen MR) is 86.5 cm³/mol. The van der Waals surface area contributed by atoms with Crippen molar-refractivity contribution < 1.29 is 4.74 Å². The van der Waals surface area contributed by atoms with Gasteiger partial charge in [-0.15, -0.1) is 0 Å². The molecule has 0 saturated carbocycles. The molecule has 0 aliphatic heterocycles. The number of rotatable bonds is 7. The van der Waals surface area contributed by atoms with Crippen LogP contribution in [0.1, 0.15) is 31.5 Å². The van der Waals surface area contributed by atoms with Crippen LogP contribution in [0.2, 0.25) is 0 Å². The second kappa shape index (κ2) is 7.27. The predicted octanol–water partition coefficient (Wildman–Crippen LogP) is 3.53. The second-order valence-electron chi connectivity index (χ2n) is 5.76. The van der Waals surface area contributed by atoms with Gasteiger partial charge in [-0.2, -0.15) is 5.10 Å². The molecule has 0 aliphatic rings. The Balaban J connectivity index is 2.08. The summed E-state index contributed by atoms with van der Waals surface area (Å²) >= 11 is 0. The molecule has 1 aromatic carbocycles. The van der Waals surface area contributed by atoms with Crippen LogP contribution >= 0.6 is 0 Å². The first-order valence-electron chi connectivity index (χ1n) is 7.53. The molecular weight excluding hydrogens is 262 g/mol. The van der Waals surface area contributed by atoms with Crippen molar-refractivity contribution in [3.8, 4) is 17.0 Å². The molecule has 0 unspecified atom stereocenters. The molecule has 0 aliphatic carbocycles. The van der Waals surface area contributed by atoms with Crippen molar-refractivity contribution in [3.05, 3.63) is 35.5 Å². The van der Waals surface area contributed by atoms with Crippen LogP contribution in [-0.2, 0) is 6.54 Å². The maximum Gasteiger partial charge on any atom is 0.119 e. The van der Waals surface area contributed by atoms with Crippen LogP contribution in [0.15, 0.2) is 24.3 Å². The topological polar surface area (TPSA) is 49.9 Å². The van der Waals surface area contributed by atoms with E-state index < -0.39 is 0 Å². The van der Waals surface area contributed by atoms with E-state index in [1.54, 1.807) is 0 Å². The first-order valence-corrected chi connectivity index (χ1v) is 7.53. The molecule has 114 valence electrons. The SMILES string of the molecule is CNCc1c(-c2ccc(OCCC(C)C)cc2)n[nH]c1C. The van der Waals surface area contributed by atoms with Crippen LogP contribution in [0.3, 0.4) is 0 Å². The Morgan fingerprint density at radius 1 is 1.24 bits per heavy atom. The van der Waals surface area contributed by atoms with Crippen LogP contribution < -0.4 is 10.1 Å². The summed E-state index contributed by atoms with van der Waals surface area (Å²) in [6.07, 6.45) is 1.08. The average Bonchev–Trinajstić information content (AvgIpc) is 2.81. The zero-order valence-electron chi connectivity index (χ0n) is 13.4. The van der Waals surface area contributed by atoms with E-state index in [9.17, 15) is 0 Å². The third-order valence-electron chi connectivity index (χ3n) is 3.52. The van der Waals surface area contributed by atoms with Gasteiger partial charge in [-0.05, 0) is 50.6 Å². The van der Waals surface area contributed by atoms with Crippen LogP contribution in [-0.4, -0.2) is 23.9 Å². The first kappa shape index (κ1) is 15.6. The standard InChI is InChI=1S/C17H25N3O/c1-12(2)9-10-21-15-7-5-14(6-8-15)17-16(11-18-4)13(3)19-20-17/h5-8,12,18H,9-11H2,1-4H3,(H,19,20). The van der Waals surface area contributed by atoms with Gasteiger partial charge in [0.05, 0.1) is 12.3 Å². The molecule has 1 aromatic heterocycles. The number of H-pyrrole nitrogens is 1. The molecule has 0 spiro atoms. The molecule has 2 N–H and O–H groups in total. The quantitative estimate of drug-likeness (QED) is 0.819. The smallest absolute Gasteiger partial charge is 0.119 e. The fourth-order valence-electron chi connectivity index (χ4n) is 2.21. The Hall–Kier alpha value is -1.81. The summed E-state index contributed by atoms with van der Waals surface area (Å²) in [5.74, 6) is 1.59. The van der Waals surface area contributed by atoms with Crippen molar-refractivity contribution in [2.24, 2.45) is 5.92 Å². The highest BCUT2D eigenvalue weighted by Gasteiger charge is 2.11. The van der Waals surface area contributed by atoms with Crippen LogP contribution in [0.4, 0.5) is 0 Å². The molecule has 0 fully saturated rings. The zero-order valence-corrected chi connectivity index (χ0v) is 13.4. The largest absolute Gasteiger partial charge is 0.494 e. The van der Waals surface area contributed by atoms with Gasteiger partial charge in [-0.25, -0.2) is 0 Å². The van der Waals surface area contributed by atoms with Crippen molar-refractivity contribution in [1.29, 1.82) is 0 Å². The van der Waals surface area contributed by atoms with Gasteiger partial charge in [0.15, 0.2) is 0 Å². The van der Waals surface area contributed by atoms with E-state index in [0.717, 1.165) is 42.3 Å². The molecule has 21 heavy (non-hydrogen) atoms. The fraction of sp³-hybridized carbons (Fsp3) is 0.471. The molecule has 0 bridgehead atoms. The number of benzene rings is 1. The molecule has 2 rings (SSSR count). The Bertz CT molecular complexity index is 558.